The smallest absolute Gasteiger partial charge is 0.213 e. The van der Waals surface area contributed by atoms with E-state index in [1.54, 1.807) is 55.3 Å². The highest BCUT2D eigenvalue weighted by Gasteiger charge is 2.09. The Hall–Kier alpha value is -1.82. The van der Waals surface area contributed by atoms with Crippen LogP contribution in [0.25, 0.3) is 5.52 Å². The Kier molecular flexibility index (Phi) is 10.4. The molecular formula is C22H19Br4N5O3S. The van der Waals surface area contributed by atoms with Gasteiger partial charge >= 0.3 is 0 Å². The number of nitrogens with two attached hydrogens (primary N) is 1. The predicted octanol–water partition coefficient (Wildman–Crippen LogP) is 5.46. The third kappa shape index (κ3) is 8.37. The Morgan fingerprint density at radius 3 is 2.00 bits per heavy atom. The molecule has 1 aromatic carbocycles. The normalized spacial score (nSPS) is 10.6. The average molecular weight is 753 g/mol. The zero-order valence-electron chi connectivity index (χ0n) is 18.6. The number of benzene rings is 1. The van der Waals surface area contributed by atoms with Crippen LogP contribution in [0.3, 0.4) is 0 Å². The number of nitrogens with zero attached hydrogens (tertiary/aromatic N) is 4. The molecule has 184 valence electrons. The Labute approximate surface area is 237 Å². The minimum absolute atomic E-state index is 0.0851. The lowest BCUT2D eigenvalue weighted by Crippen LogP contribution is -2.43. The summed E-state index contributed by atoms with van der Waals surface area (Å²) in [4.78, 5) is -0.0851. The second-order valence-electron chi connectivity index (χ2n) is 7.27. The van der Waals surface area contributed by atoms with E-state index in [9.17, 15) is 13.0 Å². The van der Waals surface area contributed by atoms with Gasteiger partial charge in [0.05, 0.1) is 31.1 Å². The van der Waals surface area contributed by atoms with Crippen LogP contribution >= 0.6 is 63.7 Å². The van der Waals surface area contributed by atoms with Gasteiger partial charge in [-0.05, 0) is 108 Å². The highest BCUT2D eigenvalue weighted by atomic mass is 79.9. The Morgan fingerprint density at radius 2 is 1.54 bits per heavy atom. The first-order valence-electron chi connectivity index (χ1n) is 9.61. The van der Waals surface area contributed by atoms with E-state index in [4.69, 9.17) is 11.1 Å². The van der Waals surface area contributed by atoms with Crippen LogP contribution in [0.2, 0.25) is 0 Å². The lowest BCUT2D eigenvalue weighted by molar-refractivity contribution is -0.640. The van der Waals surface area contributed by atoms with E-state index in [0.717, 1.165) is 29.0 Å². The molecule has 13 heteroatoms. The maximum Gasteiger partial charge on any atom is 0.213 e. The monoisotopic (exact) mass is 749 g/mol. The molecule has 0 atom stereocenters. The highest BCUT2D eigenvalue weighted by Crippen LogP contribution is 2.25. The summed E-state index contributed by atoms with van der Waals surface area (Å²) >= 11 is 13.3. The quantitative estimate of drug-likeness (QED) is 0.156. The van der Waals surface area contributed by atoms with Crippen LogP contribution in [0.1, 0.15) is 22.3 Å². The summed E-state index contributed by atoms with van der Waals surface area (Å²) < 4.78 is 39.3. The van der Waals surface area contributed by atoms with Crippen LogP contribution in [0.5, 0.6) is 0 Å². The largest absolute Gasteiger partial charge is 0.744 e. The molecule has 0 radical (unpaired) electrons. The van der Waals surface area contributed by atoms with E-state index < -0.39 is 10.1 Å². The molecular weight excluding hydrogens is 734 g/mol. The molecule has 0 aliphatic rings. The van der Waals surface area contributed by atoms with E-state index in [1.165, 1.54) is 4.68 Å². The summed E-state index contributed by atoms with van der Waals surface area (Å²) in [6.07, 6.45) is 6.89. The lowest BCUT2D eigenvalue weighted by atomic mass is 10.1. The maximum atomic E-state index is 10.8. The van der Waals surface area contributed by atoms with E-state index in [0.29, 0.717) is 16.7 Å². The van der Waals surface area contributed by atoms with Gasteiger partial charge in [0.1, 0.15) is 16.2 Å². The molecule has 0 saturated heterocycles. The van der Waals surface area contributed by atoms with Crippen LogP contribution in [0.4, 0.5) is 0 Å². The fourth-order valence-corrected chi connectivity index (χ4v) is 6.76. The molecule has 8 nitrogen and oxygen atoms in total. The van der Waals surface area contributed by atoms with E-state index in [-0.39, 0.29) is 4.90 Å². The molecule has 2 N–H and O–H groups in total. The number of aromatic nitrogens is 3. The standard InChI is InChI=1S/C9H12O3S.C8H3Br2N3.C5H5Br2N2/c1-6-4-7(2)9(8(3)5-6)13(10,11)12;9-6-1-7(10)8-5(2-11)3-12-13(8)4-6;6-4-1-5(7)3-9(8)2-4/h4-5H,1-3H3,(H,10,11,12);1,3-4H;1-3H,8H2/q;;+1/p-1. The second kappa shape index (κ2) is 12.4. The summed E-state index contributed by atoms with van der Waals surface area (Å²) in [7, 11) is -4.33. The third-order valence-electron chi connectivity index (χ3n) is 4.33. The molecule has 4 aromatic rings. The number of hydrogen-bond donors (Lipinski definition) is 1. The molecule has 35 heavy (non-hydrogen) atoms. The lowest BCUT2D eigenvalue weighted by Gasteiger charge is -2.14. The van der Waals surface area contributed by atoms with Gasteiger partial charge in [0.15, 0.2) is 0 Å². The Balaban J connectivity index is 0.000000189. The van der Waals surface area contributed by atoms with Gasteiger partial charge in [-0.15, -0.1) is 0 Å². The minimum atomic E-state index is -4.33. The number of nitriles is 1. The molecule has 0 aliphatic heterocycles. The first kappa shape index (κ1) is 29.4. The van der Waals surface area contributed by atoms with Crippen molar-refractivity contribution in [1.82, 2.24) is 9.61 Å². The molecule has 0 saturated carbocycles. The van der Waals surface area contributed by atoms with Crippen LogP contribution in [0.15, 0.2) is 71.8 Å². The summed E-state index contributed by atoms with van der Waals surface area (Å²) in [6, 6.07) is 9.27. The van der Waals surface area contributed by atoms with Crippen molar-refractivity contribution in [3.05, 3.63) is 89.2 Å². The van der Waals surface area contributed by atoms with E-state index in [1.807, 2.05) is 19.1 Å². The molecule has 0 amide bonds. The number of hydrogen-bond acceptors (Lipinski definition) is 6. The maximum absolute atomic E-state index is 10.8. The van der Waals surface area contributed by atoms with Crippen molar-refractivity contribution in [3.63, 3.8) is 0 Å². The fourth-order valence-electron chi connectivity index (χ4n) is 3.21. The van der Waals surface area contributed by atoms with Crippen molar-refractivity contribution < 1.29 is 17.6 Å². The van der Waals surface area contributed by atoms with Crippen molar-refractivity contribution in [1.29, 1.82) is 5.26 Å². The molecule has 3 aromatic heterocycles. The van der Waals surface area contributed by atoms with Crippen molar-refractivity contribution >= 4 is 79.4 Å². The number of halogens is 4. The predicted molar refractivity (Wildman–Crippen MR) is 146 cm³/mol. The molecule has 3 heterocycles. The summed E-state index contributed by atoms with van der Waals surface area (Å²) in [6.45, 7) is 5.12. The van der Waals surface area contributed by atoms with Crippen LogP contribution in [0, 0.1) is 32.1 Å². The van der Waals surface area contributed by atoms with E-state index in [2.05, 4.69) is 74.9 Å². The van der Waals surface area contributed by atoms with Gasteiger partial charge in [-0.1, -0.05) is 22.4 Å². The SMILES string of the molecule is Cc1cc(C)c(S(=O)(=O)[O-])c(C)c1.N#Cc1cnn2cc(Br)cc(Br)c12.N[n+]1cc(Br)cc(Br)c1. The summed E-state index contributed by atoms with van der Waals surface area (Å²) in [5, 5.41) is 12.8. The topological polar surface area (TPSA) is 128 Å². The Morgan fingerprint density at radius 1 is 1.00 bits per heavy atom. The number of pyridine rings is 2. The van der Waals surface area contributed by atoms with Crippen molar-refractivity contribution in [2.24, 2.45) is 0 Å². The molecule has 4 rings (SSSR count). The molecule has 0 bridgehead atoms. The van der Waals surface area contributed by atoms with Crippen molar-refractivity contribution in [3.8, 4) is 6.07 Å². The number of rotatable bonds is 1. The fraction of sp³-hybridized carbons (Fsp3) is 0.136. The number of nitrogen functional groups attached to an aromatic ring is 1. The molecule has 0 spiro atoms. The van der Waals surface area contributed by atoms with Gasteiger partial charge in [-0.25, -0.2) is 18.8 Å². The first-order chi connectivity index (χ1) is 16.2. The number of aryl methyl sites for hydroxylation is 3. The van der Waals surface area contributed by atoms with Crippen molar-refractivity contribution in [2.75, 3.05) is 5.84 Å². The summed E-state index contributed by atoms with van der Waals surface area (Å²) in [5.41, 5.74) is 3.37. The molecule has 0 aliphatic carbocycles. The van der Waals surface area contributed by atoms with Crippen LogP contribution in [-0.2, 0) is 10.1 Å². The van der Waals surface area contributed by atoms with Crippen molar-refractivity contribution in [2.45, 2.75) is 25.7 Å². The minimum Gasteiger partial charge on any atom is -0.744 e. The Bertz CT molecular complexity index is 1460. The van der Waals surface area contributed by atoms with Gasteiger partial charge in [-0.3, -0.25) is 0 Å². The van der Waals surface area contributed by atoms with Crippen LogP contribution in [-0.4, -0.2) is 22.6 Å². The zero-order chi connectivity index (χ0) is 26.5. The average Bonchev–Trinajstić information content (AvgIpc) is 3.09. The van der Waals surface area contributed by atoms with Gasteiger partial charge in [0.2, 0.25) is 12.4 Å². The first-order valence-corrected chi connectivity index (χ1v) is 14.2. The highest BCUT2D eigenvalue weighted by molar-refractivity contribution is 9.11. The van der Waals surface area contributed by atoms with Gasteiger partial charge in [-0.2, -0.15) is 10.4 Å². The van der Waals surface area contributed by atoms with Gasteiger partial charge < -0.3 is 4.55 Å². The third-order valence-corrected chi connectivity index (χ3v) is 7.38. The van der Waals surface area contributed by atoms with E-state index >= 15 is 0 Å². The molecule has 0 unspecified atom stereocenters. The zero-order valence-corrected chi connectivity index (χ0v) is 25.8. The number of fused-ring (bicyclic) bond motifs is 1. The summed E-state index contributed by atoms with van der Waals surface area (Å²) in [5.74, 6) is 5.42. The van der Waals surface area contributed by atoms with Gasteiger partial charge in [0, 0.05) is 15.1 Å². The molecule has 0 fully saturated rings. The second-order valence-corrected chi connectivity index (χ2v) is 12.2. The van der Waals surface area contributed by atoms with Gasteiger partial charge in [0.25, 0.3) is 0 Å². The van der Waals surface area contributed by atoms with Crippen LogP contribution < -0.4 is 10.5 Å².